The normalized spacial score (nSPS) is 12.6. The quantitative estimate of drug-likeness (QED) is 0.631. The van der Waals surface area contributed by atoms with Crippen LogP contribution in [0.4, 0.5) is 10.1 Å². The molecule has 2 aromatic carbocycles. The molecular weight excluding hydrogens is 367 g/mol. The molecule has 0 aliphatic carbocycles. The van der Waals surface area contributed by atoms with Crippen molar-refractivity contribution >= 4 is 21.5 Å². The average Bonchev–Trinajstić information content (AvgIpc) is 3.10. The standard InChI is InChI=1S/C20H19FN2O3S/c1-13(16-9-8-15(12-17(16)21)23-27(2,25)26)18-10-11-19(22-18)20(24)14-6-4-3-5-7-14/h3-13,22-23H,1-2H3. The van der Waals surface area contributed by atoms with Gasteiger partial charge in [-0.25, -0.2) is 12.8 Å². The second-order valence-electron chi connectivity index (χ2n) is 6.35. The summed E-state index contributed by atoms with van der Waals surface area (Å²) >= 11 is 0. The van der Waals surface area contributed by atoms with Gasteiger partial charge in [-0.2, -0.15) is 0 Å². The van der Waals surface area contributed by atoms with E-state index in [1.807, 2.05) is 13.0 Å². The van der Waals surface area contributed by atoms with Crippen molar-refractivity contribution < 1.29 is 17.6 Å². The fourth-order valence-electron chi connectivity index (χ4n) is 2.87. The lowest BCUT2D eigenvalue weighted by atomic mass is 9.97. The molecule has 0 amide bonds. The molecule has 140 valence electrons. The summed E-state index contributed by atoms with van der Waals surface area (Å²) < 4.78 is 39.3. The van der Waals surface area contributed by atoms with Crippen LogP contribution >= 0.6 is 0 Å². The molecule has 2 N–H and O–H groups in total. The Balaban J connectivity index is 1.84. The van der Waals surface area contributed by atoms with Crippen LogP contribution in [0, 0.1) is 5.82 Å². The van der Waals surface area contributed by atoms with E-state index in [0.717, 1.165) is 12.3 Å². The predicted octanol–water partition coefficient (Wildman–Crippen LogP) is 3.91. The van der Waals surface area contributed by atoms with Gasteiger partial charge in [0, 0.05) is 17.2 Å². The Morgan fingerprint density at radius 3 is 2.41 bits per heavy atom. The Kier molecular flexibility index (Phi) is 5.14. The first-order valence-electron chi connectivity index (χ1n) is 8.30. The molecule has 0 bridgehead atoms. The molecule has 0 saturated heterocycles. The highest BCUT2D eigenvalue weighted by Crippen LogP contribution is 2.28. The maximum atomic E-state index is 14.5. The first-order valence-corrected chi connectivity index (χ1v) is 10.2. The van der Waals surface area contributed by atoms with E-state index >= 15 is 0 Å². The molecule has 3 aromatic rings. The van der Waals surface area contributed by atoms with Gasteiger partial charge in [0.05, 0.1) is 17.6 Å². The highest BCUT2D eigenvalue weighted by Gasteiger charge is 2.18. The maximum absolute atomic E-state index is 14.5. The number of hydrogen-bond donors (Lipinski definition) is 2. The van der Waals surface area contributed by atoms with Crippen molar-refractivity contribution in [1.29, 1.82) is 0 Å². The van der Waals surface area contributed by atoms with Gasteiger partial charge in [-0.3, -0.25) is 9.52 Å². The van der Waals surface area contributed by atoms with Crippen molar-refractivity contribution in [1.82, 2.24) is 4.98 Å². The molecule has 0 radical (unpaired) electrons. The van der Waals surface area contributed by atoms with Crippen LogP contribution in [0.25, 0.3) is 0 Å². The number of rotatable bonds is 6. The molecule has 1 heterocycles. The Morgan fingerprint density at radius 2 is 1.78 bits per heavy atom. The van der Waals surface area contributed by atoms with Gasteiger partial charge in [-0.05, 0) is 29.8 Å². The number of H-pyrrole nitrogens is 1. The van der Waals surface area contributed by atoms with Gasteiger partial charge >= 0.3 is 0 Å². The third kappa shape index (κ3) is 4.43. The van der Waals surface area contributed by atoms with E-state index < -0.39 is 15.8 Å². The second-order valence-corrected chi connectivity index (χ2v) is 8.10. The zero-order valence-electron chi connectivity index (χ0n) is 14.9. The Bertz CT molecular complexity index is 1080. The summed E-state index contributed by atoms with van der Waals surface area (Å²) in [5.74, 6) is -1.00. The third-order valence-electron chi connectivity index (χ3n) is 4.23. The van der Waals surface area contributed by atoms with E-state index in [-0.39, 0.29) is 17.4 Å². The zero-order chi connectivity index (χ0) is 19.6. The summed E-state index contributed by atoms with van der Waals surface area (Å²) in [5.41, 5.74) is 2.25. The fraction of sp³-hybridized carbons (Fsp3) is 0.150. The van der Waals surface area contributed by atoms with Gasteiger partial charge in [0.1, 0.15) is 5.82 Å². The molecule has 1 unspecified atom stereocenters. The molecular formula is C20H19FN2O3S. The van der Waals surface area contributed by atoms with Crippen LogP contribution in [0.2, 0.25) is 0 Å². The highest BCUT2D eigenvalue weighted by molar-refractivity contribution is 7.92. The van der Waals surface area contributed by atoms with E-state index in [1.165, 1.54) is 12.1 Å². The van der Waals surface area contributed by atoms with Gasteiger partial charge in [0.25, 0.3) is 0 Å². The molecule has 3 rings (SSSR count). The molecule has 5 nitrogen and oxygen atoms in total. The van der Waals surface area contributed by atoms with Gasteiger partial charge in [-0.1, -0.05) is 43.3 Å². The summed E-state index contributed by atoms with van der Waals surface area (Å²) in [4.78, 5) is 15.6. The summed E-state index contributed by atoms with van der Waals surface area (Å²) in [5, 5.41) is 0. The van der Waals surface area contributed by atoms with E-state index in [4.69, 9.17) is 0 Å². The Labute approximate surface area is 157 Å². The predicted molar refractivity (Wildman–Crippen MR) is 103 cm³/mol. The molecule has 0 fully saturated rings. The first-order chi connectivity index (χ1) is 12.7. The van der Waals surface area contributed by atoms with Gasteiger partial charge in [0.15, 0.2) is 0 Å². The minimum atomic E-state index is -3.47. The third-order valence-corrected chi connectivity index (χ3v) is 4.83. The minimum Gasteiger partial charge on any atom is -0.355 e. The number of aromatic amines is 1. The number of aromatic nitrogens is 1. The van der Waals surface area contributed by atoms with Crippen molar-refractivity contribution in [2.45, 2.75) is 12.8 Å². The lowest BCUT2D eigenvalue weighted by molar-refractivity contribution is 0.103. The summed E-state index contributed by atoms with van der Waals surface area (Å²) in [7, 11) is -3.47. The van der Waals surface area contributed by atoms with Crippen molar-refractivity contribution in [3.63, 3.8) is 0 Å². The number of hydrogen-bond acceptors (Lipinski definition) is 3. The highest BCUT2D eigenvalue weighted by atomic mass is 32.2. The van der Waals surface area contributed by atoms with Crippen LogP contribution < -0.4 is 4.72 Å². The molecule has 1 atom stereocenters. The molecule has 27 heavy (non-hydrogen) atoms. The maximum Gasteiger partial charge on any atom is 0.229 e. The van der Waals surface area contributed by atoms with Crippen molar-refractivity contribution in [2.24, 2.45) is 0 Å². The van der Waals surface area contributed by atoms with E-state index in [1.54, 1.807) is 36.4 Å². The summed E-state index contributed by atoms with van der Waals surface area (Å²) in [6.45, 7) is 1.81. The SMILES string of the molecule is CC(c1ccc(C(=O)c2ccccc2)[nH]1)c1ccc(NS(C)(=O)=O)cc1F. The van der Waals surface area contributed by atoms with Crippen LogP contribution in [0.5, 0.6) is 0 Å². The smallest absolute Gasteiger partial charge is 0.229 e. The number of halogens is 1. The lowest BCUT2D eigenvalue weighted by Gasteiger charge is -2.13. The largest absolute Gasteiger partial charge is 0.355 e. The van der Waals surface area contributed by atoms with Gasteiger partial charge < -0.3 is 4.98 Å². The molecule has 0 aliphatic rings. The van der Waals surface area contributed by atoms with Gasteiger partial charge in [-0.15, -0.1) is 0 Å². The van der Waals surface area contributed by atoms with Crippen LogP contribution in [0.1, 0.15) is 40.2 Å². The first kappa shape index (κ1) is 18.8. The number of anilines is 1. The van der Waals surface area contributed by atoms with E-state index in [0.29, 0.717) is 22.5 Å². The van der Waals surface area contributed by atoms with Crippen LogP contribution in [0.3, 0.4) is 0 Å². The molecule has 1 aromatic heterocycles. The molecule has 0 spiro atoms. The van der Waals surface area contributed by atoms with E-state index in [2.05, 4.69) is 9.71 Å². The molecule has 0 aliphatic heterocycles. The van der Waals surface area contributed by atoms with Crippen molar-refractivity contribution in [2.75, 3.05) is 11.0 Å². The lowest BCUT2D eigenvalue weighted by Crippen LogP contribution is -2.10. The number of ketones is 1. The van der Waals surface area contributed by atoms with Crippen LogP contribution in [-0.4, -0.2) is 25.4 Å². The second kappa shape index (κ2) is 7.36. The monoisotopic (exact) mass is 386 g/mol. The fourth-order valence-corrected chi connectivity index (χ4v) is 3.42. The van der Waals surface area contributed by atoms with Crippen LogP contribution in [0.15, 0.2) is 60.7 Å². The number of carbonyl (C=O) groups excluding carboxylic acids is 1. The average molecular weight is 386 g/mol. The summed E-state index contributed by atoms with van der Waals surface area (Å²) in [6.07, 6.45) is 1.01. The topological polar surface area (TPSA) is 79.0 Å². The number of sulfonamides is 1. The van der Waals surface area contributed by atoms with Crippen molar-refractivity contribution in [3.8, 4) is 0 Å². The van der Waals surface area contributed by atoms with E-state index in [9.17, 15) is 17.6 Å². The van der Waals surface area contributed by atoms with Crippen molar-refractivity contribution in [3.05, 3.63) is 89.0 Å². The van der Waals surface area contributed by atoms with Crippen LogP contribution in [-0.2, 0) is 10.0 Å². The number of nitrogens with one attached hydrogen (secondary N) is 2. The van der Waals surface area contributed by atoms with Gasteiger partial charge in [0.2, 0.25) is 15.8 Å². The Hall–Kier alpha value is -2.93. The summed E-state index contributed by atoms with van der Waals surface area (Å²) in [6, 6.07) is 16.5. The molecule has 0 saturated carbocycles. The Morgan fingerprint density at radius 1 is 1.07 bits per heavy atom. The zero-order valence-corrected chi connectivity index (χ0v) is 15.7. The molecule has 7 heteroatoms. The number of carbonyl (C=O) groups is 1. The number of benzene rings is 2. The minimum absolute atomic E-state index is 0.137.